The van der Waals surface area contributed by atoms with E-state index in [4.69, 9.17) is 29.6 Å². The van der Waals surface area contributed by atoms with E-state index in [2.05, 4.69) is 20.9 Å². The molecule has 29 heavy (non-hydrogen) atoms. The summed E-state index contributed by atoms with van der Waals surface area (Å²) in [5, 5.41) is 9.03. The van der Waals surface area contributed by atoms with E-state index in [1.54, 1.807) is 18.3 Å². The fraction of sp³-hybridized carbons (Fsp3) is 0.250. The maximum absolute atomic E-state index is 13.7. The monoisotopic (exact) mass is 433 g/mol. The van der Waals surface area contributed by atoms with E-state index < -0.39 is 11.4 Å². The number of aromatic nitrogens is 1. The normalized spacial score (nSPS) is 15.7. The summed E-state index contributed by atoms with van der Waals surface area (Å²) in [5.41, 5.74) is 7.46. The van der Waals surface area contributed by atoms with Crippen molar-refractivity contribution in [3.63, 3.8) is 0 Å². The van der Waals surface area contributed by atoms with Gasteiger partial charge in [-0.15, -0.1) is 0 Å². The summed E-state index contributed by atoms with van der Waals surface area (Å²) in [6.45, 7) is 4.29. The van der Waals surface area contributed by atoms with Crippen LogP contribution in [0.15, 0.2) is 47.8 Å². The summed E-state index contributed by atoms with van der Waals surface area (Å²) in [7, 11) is 0. The van der Waals surface area contributed by atoms with Gasteiger partial charge >= 0.3 is 0 Å². The van der Waals surface area contributed by atoms with Crippen molar-refractivity contribution in [2.24, 2.45) is 0 Å². The van der Waals surface area contributed by atoms with Crippen LogP contribution in [0, 0.1) is 5.82 Å². The first-order valence-corrected chi connectivity index (χ1v) is 9.70. The molecule has 0 saturated carbocycles. The highest BCUT2D eigenvalue weighted by atomic mass is 35.5. The standard InChI is InChI=1S/C20H21ClFN5OS/c1-20(2)9-14(25-10-11-6-7-24-15(23)8-11)16(18(28)27-20)19(29)26-13-5-3-4-12(22)17(13)21/h3-8,25H,9-10H2,1-2H3,(H2,23,24)(H,26,29)(H,27,28). The van der Waals surface area contributed by atoms with Gasteiger partial charge in [-0.25, -0.2) is 9.37 Å². The molecule has 0 radical (unpaired) electrons. The van der Waals surface area contributed by atoms with Gasteiger partial charge in [-0.2, -0.15) is 0 Å². The van der Waals surface area contributed by atoms with Crippen molar-refractivity contribution in [1.29, 1.82) is 0 Å². The Hall–Kier alpha value is -2.71. The van der Waals surface area contributed by atoms with Gasteiger partial charge in [0.2, 0.25) is 0 Å². The Morgan fingerprint density at radius 2 is 2.17 bits per heavy atom. The van der Waals surface area contributed by atoms with Crippen LogP contribution in [0.1, 0.15) is 25.8 Å². The van der Waals surface area contributed by atoms with Crippen molar-refractivity contribution in [3.8, 4) is 0 Å². The van der Waals surface area contributed by atoms with Crippen LogP contribution in [-0.2, 0) is 11.3 Å². The minimum atomic E-state index is -0.573. The fourth-order valence-electron chi connectivity index (χ4n) is 3.07. The lowest BCUT2D eigenvalue weighted by atomic mass is 9.90. The quantitative estimate of drug-likeness (QED) is 0.539. The maximum atomic E-state index is 13.7. The molecule has 0 atom stereocenters. The van der Waals surface area contributed by atoms with Crippen LogP contribution < -0.4 is 21.7 Å². The number of hydrogen-bond donors (Lipinski definition) is 4. The van der Waals surface area contributed by atoms with Crippen molar-refractivity contribution < 1.29 is 9.18 Å². The predicted molar refractivity (Wildman–Crippen MR) is 117 cm³/mol. The molecule has 5 N–H and O–H groups in total. The van der Waals surface area contributed by atoms with Crippen LogP contribution in [0.5, 0.6) is 0 Å². The predicted octanol–water partition coefficient (Wildman–Crippen LogP) is 3.54. The minimum absolute atomic E-state index is 0.0891. The Balaban J connectivity index is 1.89. The average molecular weight is 434 g/mol. The Morgan fingerprint density at radius 3 is 2.90 bits per heavy atom. The van der Waals surface area contributed by atoms with Crippen LogP contribution >= 0.6 is 23.8 Å². The SMILES string of the molecule is CC1(C)CC(NCc2ccnc(N)c2)=C(C(=S)Nc2cccc(F)c2Cl)C(=O)N1. The van der Waals surface area contributed by atoms with Crippen molar-refractivity contribution in [2.75, 3.05) is 11.1 Å². The van der Waals surface area contributed by atoms with Gasteiger partial charge in [0, 0.05) is 30.4 Å². The smallest absolute Gasteiger partial charge is 0.256 e. The van der Waals surface area contributed by atoms with Gasteiger partial charge in [0.05, 0.1) is 16.3 Å². The Kier molecular flexibility index (Phi) is 6.04. The third-order valence-electron chi connectivity index (χ3n) is 4.38. The number of nitrogens with two attached hydrogens (primary N) is 1. The molecule has 0 aliphatic carbocycles. The third kappa shape index (κ3) is 5.02. The van der Waals surface area contributed by atoms with Crippen molar-refractivity contribution in [2.45, 2.75) is 32.4 Å². The van der Waals surface area contributed by atoms with E-state index in [9.17, 15) is 9.18 Å². The number of nitrogens with one attached hydrogen (secondary N) is 3. The van der Waals surface area contributed by atoms with Crippen molar-refractivity contribution in [3.05, 3.63) is 64.2 Å². The number of pyridine rings is 1. The third-order valence-corrected chi connectivity index (χ3v) is 5.07. The van der Waals surface area contributed by atoms with E-state index in [0.717, 1.165) is 5.56 Å². The highest BCUT2D eigenvalue weighted by Crippen LogP contribution is 2.28. The van der Waals surface area contributed by atoms with Gasteiger partial charge in [0.15, 0.2) is 0 Å². The first-order valence-electron chi connectivity index (χ1n) is 8.91. The Bertz CT molecular complexity index is 1010. The number of benzene rings is 1. The summed E-state index contributed by atoms with van der Waals surface area (Å²) in [4.78, 5) is 16.9. The summed E-state index contributed by atoms with van der Waals surface area (Å²) in [6.07, 6.45) is 2.16. The van der Waals surface area contributed by atoms with Gasteiger partial charge in [0.25, 0.3) is 5.91 Å². The lowest BCUT2D eigenvalue weighted by Crippen LogP contribution is -2.51. The van der Waals surface area contributed by atoms with Crippen LogP contribution in [-0.4, -0.2) is 21.4 Å². The number of nitrogen functional groups attached to an aromatic ring is 1. The Labute approximate surface area is 178 Å². The van der Waals surface area contributed by atoms with E-state index in [1.807, 2.05) is 19.9 Å². The molecule has 0 bridgehead atoms. The molecule has 0 unspecified atom stereocenters. The summed E-state index contributed by atoms with van der Waals surface area (Å²) in [5.74, 6) is -0.475. The zero-order valence-electron chi connectivity index (χ0n) is 16.0. The zero-order chi connectivity index (χ0) is 21.2. The van der Waals surface area contributed by atoms with Gasteiger partial charge in [-0.3, -0.25) is 4.79 Å². The van der Waals surface area contributed by atoms with Crippen molar-refractivity contribution in [1.82, 2.24) is 15.6 Å². The van der Waals surface area contributed by atoms with E-state index in [-0.39, 0.29) is 15.9 Å². The molecule has 1 aliphatic heterocycles. The van der Waals surface area contributed by atoms with Crippen LogP contribution in [0.4, 0.5) is 15.9 Å². The number of carbonyl (C=O) groups excluding carboxylic acids is 1. The molecule has 9 heteroatoms. The first kappa shape index (κ1) is 21.0. The molecular formula is C20H21ClFN5OS. The summed E-state index contributed by atoms with van der Waals surface area (Å²) in [6, 6.07) is 7.94. The van der Waals surface area contributed by atoms with Crippen LogP contribution in [0.3, 0.4) is 0 Å². The van der Waals surface area contributed by atoms with Crippen LogP contribution in [0.2, 0.25) is 5.02 Å². The highest BCUT2D eigenvalue weighted by molar-refractivity contribution is 7.81. The summed E-state index contributed by atoms with van der Waals surface area (Å²) >= 11 is 11.5. The number of amides is 1. The molecule has 1 aliphatic rings. The minimum Gasteiger partial charge on any atom is -0.384 e. The molecule has 0 fully saturated rings. The maximum Gasteiger partial charge on any atom is 0.256 e. The molecule has 1 amide bonds. The number of anilines is 2. The number of hydrogen-bond acceptors (Lipinski definition) is 5. The number of thiocarbonyl (C=S) groups is 1. The van der Waals surface area contributed by atoms with Gasteiger partial charge in [-0.1, -0.05) is 29.9 Å². The van der Waals surface area contributed by atoms with E-state index in [0.29, 0.717) is 35.7 Å². The highest BCUT2D eigenvalue weighted by Gasteiger charge is 2.34. The number of carbonyl (C=O) groups is 1. The lowest BCUT2D eigenvalue weighted by molar-refractivity contribution is -0.119. The number of rotatable bonds is 5. The molecule has 1 aromatic heterocycles. The second-order valence-electron chi connectivity index (χ2n) is 7.37. The largest absolute Gasteiger partial charge is 0.384 e. The number of nitrogens with zero attached hydrogens (tertiary/aromatic N) is 1. The number of halogens is 2. The molecule has 2 aromatic rings. The fourth-order valence-corrected chi connectivity index (χ4v) is 3.57. The molecular weight excluding hydrogens is 413 g/mol. The zero-order valence-corrected chi connectivity index (χ0v) is 17.5. The van der Waals surface area contributed by atoms with E-state index in [1.165, 1.54) is 12.1 Å². The summed E-state index contributed by atoms with van der Waals surface area (Å²) < 4.78 is 13.7. The Morgan fingerprint density at radius 1 is 1.41 bits per heavy atom. The van der Waals surface area contributed by atoms with Crippen LogP contribution in [0.25, 0.3) is 0 Å². The molecule has 2 heterocycles. The average Bonchev–Trinajstić information content (AvgIpc) is 2.62. The van der Waals surface area contributed by atoms with Gasteiger partial charge in [0.1, 0.15) is 16.6 Å². The second-order valence-corrected chi connectivity index (χ2v) is 8.15. The second kappa shape index (κ2) is 8.34. The molecule has 0 saturated heterocycles. The molecule has 6 nitrogen and oxygen atoms in total. The molecule has 1 aromatic carbocycles. The van der Waals surface area contributed by atoms with Gasteiger partial charge < -0.3 is 21.7 Å². The van der Waals surface area contributed by atoms with Crippen molar-refractivity contribution >= 4 is 46.2 Å². The first-order chi connectivity index (χ1) is 13.7. The topological polar surface area (TPSA) is 92.1 Å². The molecule has 3 rings (SSSR count). The molecule has 152 valence electrons. The molecule has 0 spiro atoms. The van der Waals surface area contributed by atoms with E-state index >= 15 is 0 Å². The van der Waals surface area contributed by atoms with Gasteiger partial charge in [-0.05, 0) is 43.7 Å². The lowest BCUT2D eigenvalue weighted by Gasteiger charge is -2.34.